The second-order valence-corrected chi connectivity index (χ2v) is 10.3. The van der Waals surface area contributed by atoms with Crippen LogP contribution in [0, 0.1) is 0 Å². The van der Waals surface area contributed by atoms with Gasteiger partial charge < -0.3 is 0 Å². The highest BCUT2D eigenvalue weighted by atomic mass is 35.5. The zero-order chi connectivity index (χ0) is 25.5. The smallest absolute Gasteiger partial charge is 0.0714 e. The van der Waals surface area contributed by atoms with Gasteiger partial charge in [0.25, 0.3) is 0 Å². The van der Waals surface area contributed by atoms with E-state index in [0.717, 1.165) is 10.6 Å². The van der Waals surface area contributed by atoms with Crippen molar-refractivity contribution in [2.24, 2.45) is 0 Å². The Kier molecular flexibility index (Phi) is 5.50. The van der Waals surface area contributed by atoms with Crippen molar-refractivity contribution in [1.82, 2.24) is 0 Å². The zero-order valence-electron chi connectivity index (χ0n) is 20.8. The molecule has 180 valence electrons. The van der Waals surface area contributed by atoms with Crippen LogP contribution in [0.15, 0.2) is 152 Å². The Hall–Kier alpha value is -4.39. The molecule has 6 aromatic carbocycles. The molecule has 0 saturated carbocycles. The van der Waals surface area contributed by atoms with Crippen LogP contribution in [0.3, 0.4) is 0 Å². The van der Waals surface area contributed by atoms with Crippen LogP contribution >= 0.6 is 11.6 Å². The van der Waals surface area contributed by atoms with Gasteiger partial charge >= 0.3 is 0 Å². The van der Waals surface area contributed by atoms with Crippen molar-refractivity contribution < 1.29 is 0 Å². The van der Waals surface area contributed by atoms with Gasteiger partial charge in [-0.2, -0.15) is 0 Å². The molecule has 0 aromatic heterocycles. The summed E-state index contributed by atoms with van der Waals surface area (Å²) in [5.74, 6) is 0. The molecule has 0 fully saturated rings. The average Bonchev–Trinajstić information content (AvgIpc) is 3.29. The van der Waals surface area contributed by atoms with Gasteiger partial charge in [-0.1, -0.05) is 145 Å². The maximum atomic E-state index is 6.95. The third kappa shape index (κ3) is 3.45. The Morgan fingerprint density at radius 1 is 0.395 bits per heavy atom. The standard InChI is InChI=1S/C37H25Cl/c38-31-24-33(27-15-6-2-7-16-27)36-32-21-10-11-22-34(32)37(35(36)25-31,29-18-8-3-9-19-29)30-20-12-17-28(23-30)26-13-4-1-5-14-26/h1-25H. The Labute approximate surface area is 228 Å². The van der Waals surface area contributed by atoms with Gasteiger partial charge in [-0.3, -0.25) is 0 Å². The molecule has 0 amide bonds. The van der Waals surface area contributed by atoms with Gasteiger partial charge in [0, 0.05) is 5.02 Å². The molecule has 0 aliphatic heterocycles. The summed E-state index contributed by atoms with van der Waals surface area (Å²) in [5, 5.41) is 0.745. The Morgan fingerprint density at radius 2 is 0.974 bits per heavy atom. The number of benzene rings is 6. The highest BCUT2D eigenvalue weighted by Gasteiger charge is 2.47. The summed E-state index contributed by atoms with van der Waals surface area (Å²) in [4.78, 5) is 0. The predicted octanol–water partition coefficient (Wildman–Crippen LogP) is 10.0. The molecule has 0 spiro atoms. The van der Waals surface area contributed by atoms with Crippen molar-refractivity contribution in [3.05, 3.63) is 179 Å². The van der Waals surface area contributed by atoms with E-state index >= 15 is 0 Å². The average molecular weight is 505 g/mol. The van der Waals surface area contributed by atoms with Crippen molar-refractivity contribution in [1.29, 1.82) is 0 Å². The van der Waals surface area contributed by atoms with E-state index in [0.29, 0.717) is 0 Å². The van der Waals surface area contributed by atoms with Gasteiger partial charge in [-0.15, -0.1) is 0 Å². The molecule has 1 unspecified atom stereocenters. The number of halogens is 1. The van der Waals surface area contributed by atoms with Gasteiger partial charge in [0.15, 0.2) is 0 Å². The molecule has 1 aliphatic rings. The van der Waals surface area contributed by atoms with E-state index in [1.54, 1.807) is 0 Å². The fourth-order valence-corrected chi connectivity index (χ4v) is 6.47. The number of fused-ring (bicyclic) bond motifs is 3. The molecule has 0 nitrogen and oxygen atoms in total. The van der Waals surface area contributed by atoms with E-state index in [4.69, 9.17) is 11.6 Å². The molecular weight excluding hydrogens is 480 g/mol. The molecule has 0 saturated heterocycles. The van der Waals surface area contributed by atoms with Crippen molar-refractivity contribution in [2.75, 3.05) is 0 Å². The minimum absolute atomic E-state index is 0.508. The Bertz CT molecular complexity index is 1750. The van der Waals surface area contributed by atoms with Crippen molar-refractivity contribution in [2.45, 2.75) is 5.41 Å². The SMILES string of the molecule is Clc1cc(-c2ccccc2)c2c(c1)C(c1ccccc1)(c1cccc(-c3ccccc3)c1)c1ccccc1-2. The first-order valence-electron chi connectivity index (χ1n) is 13.0. The van der Waals surface area contributed by atoms with Crippen LogP contribution < -0.4 is 0 Å². The Morgan fingerprint density at radius 3 is 1.71 bits per heavy atom. The van der Waals surface area contributed by atoms with Crippen molar-refractivity contribution >= 4 is 11.6 Å². The first-order chi connectivity index (χ1) is 18.8. The fourth-order valence-electron chi connectivity index (χ4n) is 6.25. The van der Waals surface area contributed by atoms with Gasteiger partial charge in [0.2, 0.25) is 0 Å². The van der Waals surface area contributed by atoms with Crippen LogP contribution in [-0.4, -0.2) is 0 Å². The minimum atomic E-state index is -0.508. The zero-order valence-corrected chi connectivity index (χ0v) is 21.6. The lowest BCUT2D eigenvalue weighted by Gasteiger charge is -2.34. The third-order valence-electron chi connectivity index (χ3n) is 7.80. The van der Waals surface area contributed by atoms with E-state index in [9.17, 15) is 0 Å². The van der Waals surface area contributed by atoms with E-state index in [1.807, 2.05) is 0 Å². The van der Waals surface area contributed by atoms with Crippen LogP contribution in [0.5, 0.6) is 0 Å². The summed E-state index contributed by atoms with van der Waals surface area (Å²) in [5.41, 5.74) is 11.7. The molecule has 7 rings (SSSR count). The fraction of sp³-hybridized carbons (Fsp3) is 0.0270. The molecule has 0 bridgehead atoms. The molecule has 1 atom stereocenters. The predicted molar refractivity (Wildman–Crippen MR) is 160 cm³/mol. The normalized spacial score (nSPS) is 15.6. The summed E-state index contributed by atoms with van der Waals surface area (Å²) >= 11 is 6.95. The number of hydrogen-bond acceptors (Lipinski definition) is 0. The molecular formula is C37H25Cl. The van der Waals surface area contributed by atoms with E-state index in [1.165, 1.54) is 50.1 Å². The molecule has 1 aliphatic carbocycles. The van der Waals surface area contributed by atoms with Crippen LogP contribution in [0.2, 0.25) is 5.02 Å². The van der Waals surface area contributed by atoms with E-state index in [2.05, 4.69) is 152 Å². The molecule has 1 heteroatoms. The third-order valence-corrected chi connectivity index (χ3v) is 8.02. The lowest BCUT2D eigenvalue weighted by Crippen LogP contribution is -2.28. The maximum Gasteiger partial charge on any atom is 0.0714 e. The van der Waals surface area contributed by atoms with Gasteiger partial charge in [-0.05, 0) is 73.8 Å². The first-order valence-corrected chi connectivity index (χ1v) is 13.4. The molecule has 0 heterocycles. The molecule has 6 aromatic rings. The molecule has 38 heavy (non-hydrogen) atoms. The highest BCUT2D eigenvalue weighted by molar-refractivity contribution is 6.31. The Balaban J connectivity index is 1.62. The number of hydrogen-bond donors (Lipinski definition) is 0. The monoisotopic (exact) mass is 504 g/mol. The van der Waals surface area contributed by atoms with Crippen LogP contribution in [-0.2, 0) is 5.41 Å². The maximum absolute atomic E-state index is 6.95. The first kappa shape index (κ1) is 22.8. The largest absolute Gasteiger partial charge is 0.0843 e. The summed E-state index contributed by atoms with van der Waals surface area (Å²) in [6, 6.07) is 54.3. The topological polar surface area (TPSA) is 0 Å². The van der Waals surface area contributed by atoms with Gasteiger partial charge in [-0.25, -0.2) is 0 Å². The number of rotatable bonds is 4. The second kappa shape index (κ2) is 9.17. The molecule has 0 radical (unpaired) electrons. The van der Waals surface area contributed by atoms with Gasteiger partial charge in [0.05, 0.1) is 5.41 Å². The van der Waals surface area contributed by atoms with Crippen LogP contribution in [0.25, 0.3) is 33.4 Å². The van der Waals surface area contributed by atoms with Gasteiger partial charge in [0.1, 0.15) is 0 Å². The highest BCUT2D eigenvalue weighted by Crippen LogP contribution is 2.59. The summed E-state index contributed by atoms with van der Waals surface area (Å²) in [6.45, 7) is 0. The minimum Gasteiger partial charge on any atom is -0.0843 e. The summed E-state index contributed by atoms with van der Waals surface area (Å²) < 4.78 is 0. The van der Waals surface area contributed by atoms with Crippen molar-refractivity contribution in [3.8, 4) is 33.4 Å². The lowest BCUT2D eigenvalue weighted by molar-refractivity contribution is 0.769. The quantitative estimate of drug-likeness (QED) is 0.223. The second-order valence-electron chi connectivity index (χ2n) is 9.85. The van der Waals surface area contributed by atoms with Crippen LogP contribution in [0.1, 0.15) is 22.3 Å². The van der Waals surface area contributed by atoms with E-state index in [-0.39, 0.29) is 0 Å². The molecule has 0 N–H and O–H groups in total. The van der Waals surface area contributed by atoms with Crippen molar-refractivity contribution in [3.63, 3.8) is 0 Å². The lowest BCUT2D eigenvalue weighted by atomic mass is 9.67. The van der Waals surface area contributed by atoms with E-state index < -0.39 is 5.41 Å². The summed E-state index contributed by atoms with van der Waals surface area (Å²) in [7, 11) is 0. The van der Waals surface area contributed by atoms with Crippen LogP contribution in [0.4, 0.5) is 0 Å². The summed E-state index contributed by atoms with van der Waals surface area (Å²) in [6.07, 6.45) is 0.